The summed E-state index contributed by atoms with van der Waals surface area (Å²) in [5, 5.41) is 11.5. The van der Waals surface area contributed by atoms with Crippen LogP contribution in [0.5, 0.6) is 0 Å². The third-order valence-corrected chi connectivity index (χ3v) is 1.63. The van der Waals surface area contributed by atoms with Crippen molar-refractivity contribution in [3.8, 4) is 0 Å². The van der Waals surface area contributed by atoms with Crippen LogP contribution in [-0.4, -0.2) is 31.3 Å². The molecule has 13 heavy (non-hydrogen) atoms. The zero-order valence-electron chi connectivity index (χ0n) is 8.12. The van der Waals surface area contributed by atoms with E-state index in [0.29, 0.717) is 5.92 Å². The minimum Gasteiger partial charge on any atom is -0.466 e. The van der Waals surface area contributed by atoms with Gasteiger partial charge in [-0.1, -0.05) is 6.92 Å². The molecule has 76 valence electrons. The van der Waals surface area contributed by atoms with Gasteiger partial charge in [0.05, 0.1) is 7.11 Å². The Morgan fingerprint density at radius 1 is 1.69 bits per heavy atom. The maximum absolute atomic E-state index is 10.6. The first kappa shape index (κ1) is 12.0. The van der Waals surface area contributed by atoms with Gasteiger partial charge < -0.3 is 15.2 Å². The van der Waals surface area contributed by atoms with Crippen LogP contribution in [-0.2, 0) is 9.53 Å². The van der Waals surface area contributed by atoms with Gasteiger partial charge in [0, 0.05) is 25.4 Å². The van der Waals surface area contributed by atoms with Crippen LogP contribution >= 0.6 is 0 Å². The van der Waals surface area contributed by atoms with E-state index in [1.165, 1.54) is 13.2 Å². The van der Waals surface area contributed by atoms with Gasteiger partial charge in [-0.3, -0.25) is 0 Å². The molecule has 0 aromatic heterocycles. The van der Waals surface area contributed by atoms with Crippen LogP contribution in [0, 0.1) is 5.92 Å². The number of hydrogen-bond donors (Lipinski definition) is 2. The largest absolute Gasteiger partial charge is 0.466 e. The normalized spacial score (nSPS) is 12.8. The van der Waals surface area contributed by atoms with E-state index in [0.717, 1.165) is 13.0 Å². The molecule has 0 spiro atoms. The monoisotopic (exact) mass is 187 g/mol. The minimum absolute atomic E-state index is 0.198. The molecule has 4 heteroatoms. The van der Waals surface area contributed by atoms with Gasteiger partial charge in [0.2, 0.25) is 0 Å². The number of ether oxygens (including phenoxy) is 1. The molecule has 0 radical (unpaired) electrons. The Morgan fingerprint density at radius 2 is 2.38 bits per heavy atom. The van der Waals surface area contributed by atoms with Crippen molar-refractivity contribution in [3.05, 3.63) is 12.3 Å². The summed E-state index contributed by atoms with van der Waals surface area (Å²) in [6.45, 7) is 2.97. The summed E-state index contributed by atoms with van der Waals surface area (Å²) in [4.78, 5) is 10.6. The van der Waals surface area contributed by atoms with Gasteiger partial charge in [-0.15, -0.1) is 0 Å². The zero-order chi connectivity index (χ0) is 10.1. The summed E-state index contributed by atoms with van der Waals surface area (Å²) in [6, 6.07) is 0. The highest BCUT2D eigenvalue weighted by Crippen LogP contribution is 1.97. The molecule has 0 aliphatic rings. The number of methoxy groups -OCH3 is 1. The zero-order valence-corrected chi connectivity index (χ0v) is 8.12. The predicted molar refractivity (Wildman–Crippen MR) is 50.0 cm³/mol. The van der Waals surface area contributed by atoms with Gasteiger partial charge >= 0.3 is 5.97 Å². The van der Waals surface area contributed by atoms with E-state index in [2.05, 4.69) is 10.1 Å². The van der Waals surface area contributed by atoms with Gasteiger partial charge in [0.1, 0.15) is 0 Å². The molecule has 0 aromatic rings. The van der Waals surface area contributed by atoms with Gasteiger partial charge in [0.25, 0.3) is 0 Å². The fraction of sp³-hybridized carbons (Fsp3) is 0.667. The van der Waals surface area contributed by atoms with E-state index < -0.39 is 0 Å². The Kier molecular flexibility index (Phi) is 7.01. The lowest BCUT2D eigenvalue weighted by Gasteiger charge is -2.08. The second kappa shape index (κ2) is 7.61. The summed E-state index contributed by atoms with van der Waals surface area (Å²) in [6.07, 6.45) is 3.64. The molecule has 0 rings (SSSR count). The number of rotatable bonds is 6. The molecule has 0 aliphatic heterocycles. The van der Waals surface area contributed by atoms with Gasteiger partial charge in [-0.25, -0.2) is 4.79 Å². The number of aliphatic hydroxyl groups excluding tert-OH is 1. The SMILES string of the molecule is COC(=O)/C=C/NCC(C)CCO. The van der Waals surface area contributed by atoms with Crippen LogP contribution < -0.4 is 5.32 Å². The molecule has 1 unspecified atom stereocenters. The second-order valence-corrected chi connectivity index (χ2v) is 2.88. The number of nitrogens with one attached hydrogen (secondary N) is 1. The van der Waals surface area contributed by atoms with E-state index in [-0.39, 0.29) is 12.6 Å². The van der Waals surface area contributed by atoms with Crippen molar-refractivity contribution in [2.45, 2.75) is 13.3 Å². The average Bonchev–Trinajstić information content (AvgIpc) is 2.12. The Bertz CT molecular complexity index is 168. The van der Waals surface area contributed by atoms with Crippen LogP contribution in [0.2, 0.25) is 0 Å². The molecule has 2 N–H and O–H groups in total. The molecule has 0 aromatic carbocycles. The Morgan fingerprint density at radius 3 is 2.92 bits per heavy atom. The second-order valence-electron chi connectivity index (χ2n) is 2.88. The molecular weight excluding hydrogens is 170 g/mol. The van der Waals surface area contributed by atoms with Crippen LogP contribution in [0.15, 0.2) is 12.3 Å². The molecule has 0 saturated carbocycles. The molecule has 1 atom stereocenters. The summed E-state index contributed by atoms with van der Waals surface area (Å²) >= 11 is 0. The van der Waals surface area contributed by atoms with Gasteiger partial charge in [-0.2, -0.15) is 0 Å². The third-order valence-electron chi connectivity index (χ3n) is 1.63. The highest BCUT2D eigenvalue weighted by Gasteiger charge is 1.98. The summed E-state index contributed by atoms with van der Waals surface area (Å²) < 4.78 is 4.40. The molecule has 0 fully saturated rings. The Labute approximate surface area is 78.6 Å². The number of aliphatic hydroxyl groups is 1. The quantitative estimate of drug-likeness (QED) is 0.463. The number of carbonyl (C=O) groups is 1. The standard InChI is InChI=1S/C9H17NO3/c1-8(4-6-11)7-10-5-3-9(12)13-2/h3,5,8,10-11H,4,6-7H2,1-2H3/b5-3+. The first-order valence-corrected chi connectivity index (χ1v) is 4.29. The lowest BCUT2D eigenvalue weighted by Crippen LogP contribution is -2.16. The lowest BCUT2D eigenvalue weighted by atomic mass is 10.1. The topological polar surface area (TPSA) is 58.6 Å². The molecule has 0 saturated heterocycles. The summed E-state index contributed by atoms with van der Waals surface area (Å²) in [5.74, 6) is 0.0228. The van der Waals surface area contributed by atoms with Crippen molar-refractivity contribution in [1.82, 2.24) is 5.32 Å². The van der Waals surface area contributed by atoms with Crippen molar-refractivity contribution in [2.24, 2.45) is 5.92 Å². The van der Waals surface area contributed by atoms with Crippen LogP contribution in [0.3, 0.4) is 0 Å². The van der Waals surface area contributed by atoms with Gasteiger partial charge in [0.15, 0.2) is 0 Å². The van der Waals surface area contributed by atoms with Crippen molar-refractivity contribution in [1.29, 1.82) is 0 Å². The fourth-order valence-corrected chi connectivity index (χ4v) is 0.787. The van der Waals surface area contributed by atoms with Crippen LogP contribution in [0.4, 0.5) is 0 Å². The van der Waals surface area contributed by atoms with Crippen LogP contribution in [0.1, 0.15) is 13.3 Å². The third kappa shape index (κ3) is 7.33. The van der Waals surface area contributed by atoms with E-state index in [4.69, 9.17) is 5.11 Å². The van der Waals surface area contributed by atoms with E-state index in [9.17, 15) is 4.79 Å². The molecule has 0 bridgehead atoms. The maximum atomic E-state index is 10.6. The fourth-order valence-electron chi connectivity index (χ4n) is 0.787. The molecule has 0 heterocycles. The highest BCUT2D eigenvalue weighted by atomic mass is 16.5. The van der Waals surface area contributed by atoms with E-state index >= 15 is 0 Å². The Hall–Kier alpha value is -1.03. The molecule has 0 aliphatic carbocycles. The van der Waals surface area contributed by atoms with E-state index in [1.54, 1.807) is 6.20 Å². The first-order valence-electron chi connectivity index (χ1n) is 4.29. The molecular formula is C9H17NO3. The van der Waals surface area contributed by atoms with Gasteiger partial charge in [-0.05, 0) is 12.3 Å². The summed E-state index contributed by atoms with van der Waals surface area (Å²) in [7, 11) is 1.33. The van der Waals surface area contributed by atoms with Crippen molar-refractivity contribution in [3.63, 3.8) is 0 Å². The van der Waals surface area contributed by atoms with E-state index in [1.807, 2.05) is 6.92 Å². The van der Waals surface area contributed by atoms with Crippen molar-refractivity contribution in [2.75, 3.05) is 20.3 Å². The molecule has 4 nitrogen and oxygen atoms in total. The van der Waals surface area contributed by atoms with Crippen molar-refractivity contribution >= 4 is 5.97 Å². The molecule has 0 amide bonds. The number of esters is 1. The summed E-state index contributed by atoms with van der Waals surface area (Å²) in [5.41, 5.74) is 0. The number of carbonyl (C=O) groups excluding carboxylic acids is 1. The average molecular weight is 187 g/mol. The predicted octanol–water partition coefficient (Wildman–Crippen LogP) is 0.281. The lowest BCUT2D eigenvalue weighted by molar-refractivity contribution is -0.134. The Balaban J connectivity index is 3.43. The number of hydrogen-bond acceptors (Lipinski definition) is 4. The highest BCUT2D eigenvalue weighted by molar-refractivity contribution is 5.81. The first-order chi connectivity index (χ1) is 6.20. The maximum Gasteiger partial charge on any atom is 0.331 e. The van der Waals surface area contributed by atoms with Crippen LogP contribution in [0.25, 0.3) is 0 Å². The van der Waals surface area contributed by atoms with Crippen molar-refractivity contribution < 1.29 is 14.6 Å². The smallest absolute Gasteiger partial charge is 0.331 e. The minimum atomic E-state index is -0.373.